The molecule has 17 heavy (non-hydrogen) atoms. The monoisotopic (exact) mass is 313 g/mol. The van der Waals surface area contributed by atoms with Gasteiger partial charge < -0.3 is 22.1 Å². The van der Waals surface area contributed by atoms with Crippen LogP contribution in [0.2, 0.25) is 0 Å². The van der Waals surface area contributed by atoms with E-state index in [1.807, 2.05) is 6.07 Å². The van der Waals surface area contributed by atoms with E-state index in [4.69, 9.17) is 5.11 Å². The van der Waals surface area contributed by atoms with E-state index < -0.39 is 0 Å². The fraction of sp³-hybridized carbons (Fsp3) is 0.308. The molecule has 0 unspecified atom stereocenters. The molecule has 4 heteroatoms. The first-order valence-corrected chi connectivity index (χ1v) is 6.37. The number of hydrogen-bond acceptors (Lipinski definition) is 2. The van der Waals surface area contributed by atoms with Gasteiger partial charge in [-0.1, -0.05) is 41.7 Å². The van der Waals surface area contributed by atoms with Gasteiger partial charge in [0.25, 0.3) is 0 Å². The number of halogens is 1. The lowest BCUT2D eigenvalue weighted by Gasteiger charge is -1.93. The molecule has 0 radical (unpaired) electrons. The SMILES string of the molecule is OCCCc1c[n+](Cc2ccccc2)cs1.[Br-]. The van der Waals surface area contributed by atoms with Crippen molar-refractivity contribution in [2.75, 3.05) is 6.61 Å². The molecule has 2 aromatic rings. The molecule has 0 aliphatic heterocycles. The third-order valence-corrected chi connectivity index (χ3v) is 3.43. The topological polar surface area (TPSA) is 24.1 Å². The highest BCUT2D eigenvalue weighted by Gasteiger charge is 2.07. The maximum absolute atomic E-state index is 8.77. The summed E-state index contributed by atoms with van der Waals surface area (Å²) in [6, 6.07) is 10.4. The van der Waals surface area contributed by atoms with E-state index in [2.05, 4.69) is 40.5 Å². The molecule has 0 spiro atoms. The van der Waals surface area contributed by atoms with Gasteiger partial charge in [-0.05, 0) is 12.8 Å². The minimum atomic E-state index is 0. The number of aryl methyl sites for hydroxylation is 1. The molecule has 0 amide bonds. The van der Waals surface area contributed by atoms with Gasteiger partial charge in [0.1, 0.15) is 0 Å². The number of hydrogen-bond donors (Lipinski definition) is 1. The van der Waals surface area contributed by atoms with Gasteiger partial charge >= 0.3 is 0 Å². The summed E-state index contributed by atoms with van der Waals surface area (Å²) in [7, 11) is 0. The van der Waals surface area contributed by atoms with E-state index in [9.17, 15) is 0 Å². The molecule has 0 atom stereocenters. The second-order valence-electron chi connectivity index (χ2n) is 3.80. The van der Waals surface area contributed by atoms with E-state index in [0.29, 0.717) is 0 Å². The van der Waals surface area contributed by atoms with Gasteiger partial charge in [-0.15, -0.1) is 0 Å². The molecule has 0 saturated carbocycles. The highest BCUT2D eigenvalue weighted by molar-refractivity contribution is 7.09. The second kappa shape index (κ2) is 7.58. The van der Waals surface area contributed by atoms with Crippen LogP contribution in [0, 0.1) is 0 Å². The standard InChI is InChI=1S/C13H16NOS.BrH/c15-8-4-7-13-10-14(11-16-13)9-12-5-2-1-3-6-12;/h1-3,5-6,10-11,15H,4,7-9H2;1H/q+1;/p-1. The van der Waals surface area contributed by atoms with Gasteiger partial charge in [-0.3, -0.25) is 0 Å². The molecule has 1 N–H and O–H groups in total. The quantitative estimate of drug-likeness (QED) is 0.705. The number of thiazole rings is 1. The van der Waals surface area contributed by atoms with Crippen molar-refractivity contribution in [2.24, 2.45) is 0 Å². The van der Waals surface area contributed by atoms with E-state index >= 15 is 0 Å². The zero-order chi connectivity index (χ0) is 11.2. The molecule has 2 nitrogen and oxygen atoms in total. The van der Waals surface area contributed by atoms with Crippen molar-refractivity contribution in [3.63, 3.8) is 0 Å². The summed E-state index contributed by atoms with van der Waals surface area (Å²) in [5.74, 6) is 0. The summed E-state index contributed by atoms with van der Waals surface area (Å²) < 4.78 is 2.20. The predicted molar refractivity (Wildman–Crippen MR) is 65.5 cm³/mol. The molecular weight excluding hydrogens is 298 g/mol. The summed E-state index contributed by atoms with van der Waals surface area (Å²) in [4.78, 5) is 1.34. The van der Waals surface area contributed by atoms with Crippen molar-refractivity contribution in [3.8, 4) is 0 Å². The lowest BCUT2D eigenvalue weighted by atomic mass is 10.2. The lowest BCUT2D eigenvalue weighted by Crippen LogP contribution is -3.00. The summed E-state index contributed by atoms with van der Waals surface area (Å²) in [5, 5.41) is 8.77. The minimum absolute atomic E-state index is 0. The number of aliphatic hydroxyl groups excluding tert-OH is 1. The van der Waals surface area contributed by atoms with Crippen LogP contribution in [0.25, 0.3) is 0 Å². The van der Waals surface area contributed by atoms with Gasteiger partial charge in [-0.2, -0.15) is 4.57 Å². The van der Waals surface area contributed by atoms with Gasteiger partial charge in [-0.25, -0.2) is 0 Å². The first kappa shape index (κ1) is 14.4. The summed E-state index contributed by atoms with van der Waals surface area (Å²) in [6.45, 7) is 1.20. The van der Waals surface area contributed by atoms with Gasteiger partial charge in [0.15, 0.2) is 12.7 Å². The molecule has 0 aliphatic rings. The Morgan fingerprint density at radius 1 is 1.18 bits per heavy atom. The van der Waals surface area contributed by atoms with E-state index in [1.54, 1.807) is 11.3 Å². The third-order valence-electron chi connectivity index (χ3n) is 2.44. The Labute approximate surface area is 116 Å². The van der Waals surface area contributed by atoms with E-state index in [1.165, 1.54) is 10.4 Å². The normalized spacial score (nSPS) is 9.94. The Morgan fingerprint density at radius 3 is 2.65 bits per heavy atom. The molecule has 1 aromatic carbocycles. The molecule has 92 valence electrons. The first-order valence-electron chi connectivity index (χ1n) is 5.50. The highest BCUT2D eigenvalue weighted by Crippen LogP contribution is 2.08. The zero-order valence-corrected chi connectivity index (χ0v) is 12.0. The van der Waals surface area contributed by atoms with Crippen molar-refractivity contribution >= 4 is 11.3 Å². The fourth-order valence-corrected chi connectivity index (χ4v) is 2.50. The first-order chi connectivity index (χ1) is 7.88. The summed E-state index contributed by atoms with van der Waals surface area (Å²) in [5.41, 5.74) is 3.46. The Balaban J connectivity index is 0.00000144. The van der Waals surface area contributed by atoms with Crippen LogP contribution in [-0.4, -0.2) is 11.7 Å². The maximum atomic E-state index is 8.77. The molecule has 0 saturated heterocycles. The van der Waals surface area contributed by atoms with Crippen LogP contribution in [-0.2, 0) is 13.0 Å². The van der Waals surface area contributed by atoms with E-state index in [-0.39, 0.29) is 23.6 Å². The highest BCUT2D eigenvalue weighted by atomic mass is 79.9. The van der Waals surface area contributed by atoms with Gasteiger partial charge in [0, 0.05) is 12.2 Å². The number of nitrogens with zero attached hydrogens (tertiary/aromatic N) is 1. The van der Waals surface area contributed by atoms with Crippen LogP contribution < -0.4 is 21.5 Å². The Kier molecular flexibility index (Phi) is 6.40. The molecule has 0 bridgehead atoms. The number of aromatic nitrogens is 1. The van der Waals surface area contributed by atoms with Crippen molar-refractivity contribution in [2.45, 2.75) is 19.4 Å². The smallest absolute Gasteiger partial charge is 0.225 e. The third kappa shape index (κ3) is 4.58. The average Bonchev–Trinajstić information content (AvgIpc) is 2.75. The molecular formula is C13H16BrNOS. The molecule has 0 fully saturated rings. The number of benzene rings is 1. The molecule has 1 heterocycles. The molecule has 0 aliphatic carbocycles. The lowest BCUT2D eigenvalue weighted by molar-refractivity contribution is -0.683. The molecule has 2 rings (SSSR count). The van der Waals surface area contributed by atoms with Crippen LogP contribution >= 0.6 is 11.3 Å². The second-order valence-corrected chi connectivity index (χ2v) is 4.77. The van der Waals surface area contributed by atoms with Crippen LogP contribution in [0.15, 0.2) is 42.0 Å². The summed E-state index contributed by atoms with van der Waals surface area (Å²) >= 11 is 1.76. The van der Waals surface area contributed by atoms with Gasteiger partial charge in [0.05, 0.1) is 4.88 Å². The fourth-order valence-electron chi connectivity index (χ4n) is 1.64. The van der Waals surface area contributed by atoms with Crippen LogP contribution in [0.5, 0.6) is 0 Å². The average molecular weight is 314 g/mol. The van der Waals surface area contributed by atoms with Gasteiger partial charge in [0.2, 0.25) is 5.51 Å². The maximum Gasteiger partial charge on any atom is 0.225 e. The van der Waals surface area contributed by atoms with Crippen LogP contribution in [0.4, 0.5) is 0 Å². The Hall–Kier alpha value is -0.710. The zero-order valence-electron chi connectivity index (χ0n) is 9.55. The summed E-state index contributed by atoms with van der Waals surface area (Å²) in [6.07, 6.45) is 4.00. The Bertz CT molecular complexity index is 430. The van der Waals surface area contributed by atoms with Crippen LogP contribution in [0.3, 0.4) is 0 Å². The largest absolute Gasteiger partial charge is 1.00 e. The van der Waals surface area contributed by atoms with Crippen molar-refractivity contribution < 1.29 is 26.7 Å². The van der Waals surface area contributed by atoms with Crippen molar-refractivity contribution in [3.05, 3.63) is 52.5 Å². The van der Waals surface area contributed by atoms with Crippen LogP contribution in [0.1, 0.15) is 16.9 Å². The number of rotatable bonds is 5. The van der Waals surface area contributed by atoms with Crippen molar-refractivity contribution in [1.29, 1.82) is 0 Å². The number of aliphatic hydroxyl groups is 1. The Morgan fingerprint density at radius 2 is 1.94 bits per heavy atom. The van der Waals surface area contributed by atoms with E-state index in [0.717, 1.165) is 19.4 Å². The predicted octanol–water partition coefficient (Wildman–Crippen LogP) is -0.987. The van der Waals surface area contributed by atoms with Crippen molar-refractivity contribution in [1.82, 2.24) is 0 Å². The minimum Gasteiger partial charge on any atom is -1.00 e. The molecule has 1 aromatic heterocycles.